The van der Waals surface area contributed by atoms with E-state index >= 15 is 0 Å². The third-order valence-corrected chi connectivity index (χ3v) is 2.12. The van der Waals surface area contributed by atoms with Gasteiger partial charge in [0.25, 0.3) is 0 Å². The minimum atomic E-state index is -1.05. The van der Waals surface area contributed by atoms with E-state index in [0.717, 1.165) is 0 Å². The second-order valence-electron chi connectivity index (χ2n) is 3.67. The number of carbonyl (C=O) groups is 3. The van der Waals surface area contributed by atoms with Gasteiger partial charge in [0, 0.05) is 25.6 Å². The average Bonchev–Trinajstić information content (AvgIpc) is 2.28. The highest BCUT2D eigenvalue weighted by atomic mass is 16.4. The summed E-state index contributed by atoms with van der Waals surface area (Å²) in [6, 6.07) is 5.96. The molecule has 6 heteroatoms. The molecule has 1 aromatic rings. The molecule has 1 aromatic carbocycles. The van der Waals surface area contributed by atoms with Crippen molar-refractivity contribution in [3.8, 4) is 0 Å². The molecule has 18 heavy (non-hydrogen) atoms. The van der Waals surface area contributed by atoms with Crippen LogP contribution in [0.4, 0.5) is 5.69 Å². The summed E-state index contributed by atoms with van der Waals surface area (Å²) in [5.74, 6) is -1.54. The van der Waals surface area contributed by atoms with Gasteiger partial charge in [-0.25, -0.2) is 4.79 Å². The lowest BCUT2D eigenvalue weighted by Gasteiger charge is -2.06. The average molecular weight is 250 g/mol. The number of hydrogen-bond acceptors (Lipinski definition) is 3. The lowest BCUT2D eigenvalue weighted by Crippen LogP contribution is -2.25. The molecule has 0 atom stereocenters. The van der Waals surface area contributed by atoms with E-state index in [9.17, 15) is 14.4 Å². The zero-order chi connectivity index (χ0) is 13.5. The van der Waals surface area contributed by atoms with Crippen molar-refractivity contribution < 1.29 is 19.5 Å². The van der Waals surface area contributed by atoms with Crippen LogP contribution in [-0.4, -0.2) is 29.4 Å². The molecule has 2 amide bonds. The first-order valence-electron chi connectivity index (χ1n) is 5.36. The van der Waals surface area contributed by atoms with E-state index in [1.807, 2.05) is 0 Å². The predicted octanol–water partition coefficient (Wildman–Crippen LogP) is 0.849. The minimum absolute atomic E-state index is 0.106. The Balaban J connectivity index is 2.51. The van der Waals surface area contributed by atoms with E-state index in [2.05, 4.69) is 10.6 Å². The van der Waals surface area contributed by atoms with Crippen molar-refractivity contribution in [2.75, 3.05) is 11.9 Å². The first-order chi connectivity index (χ1) is 8.49. The maximum Gasteiger partial charge on any atom is 0.335 e. The molecule has 1 rings (SSSR count). The minimum Gasteiger partial charge on any atom is -0.478 e. The standard InChI is InChI=1S/C12H14N2O4/c1-8(15)13-6-5-11(16)14-10-4-2-3-9(7-10)12(17)18/h2-4,7H,5-6H2,1H3,(H,13,15)(H,14,16)(H,17,18). The fraction of sp³-hybridized carbons (Fsp3) is 0.250. The van der Waals surface area contributed by atoms with Gasteiger partial charge in [0.05, 0.1) is 5.56 Å². The monoisotopic (exact) mass is 250 g/mol. The Morgan fingerprint density at radius 3 is 2.61 bits per heavy atom. The quantitative estimate of drug-likeness (QED) is 0.721. The van der Waals surface area contributed by atoms with E-state index in [1.54, 1.807) is 12.1 Å². The number of amides is 2. The Bertz CT molecular complexity index is 471. The van der Waals surface area contributed by atoms with Crippen LogP contribution in [0, 0.1) is 0 Å². The van der Waals surface area contributed by atoms with Gasteiger partial charge in [-0.3, -0.25) is 9.59 Å². The van der Waals surface area contributed by atoms with Crippen LogP contribution < -0.4 is 10.6 Å². The van der Waals surface area contributed by atoms with Crippen molar-refractivity contribution in [1.82, 2.24) is 5.32 Å². The maximum absolute atomic E-state index is 11.5. The van der Waals surface area contributed by atoms with Crippen LogP contribution >= 0.6 is 0 Å². The van der Waals surface area contributed by atoms with E-state index < -0.39 is 5.97 Å². The second kappa shape index (κ2) is 6.39. The van der Waals surface area contributed by atoms with Crippen LogP contribution in [0.2, 0.25) is 0 Å². The number of anilines is 1. The number of benzene rings is 1. The van der Waals surface area contributed by atoms with Crippen molar-refractivity contribution in [1.29, 1.82) is 0 Å². The van der Waals surface area contributed by atoms with Crippen molar-refractivity contribution in [2.24, 2.45) is 0 Å². The fourth-order valence-electron chi connectivity index (χ4n) is 1.31. The van der Waals surface area contributed by atoms with Crippen LogP contribution in [0.3, 0.4) is 0 Å². The normalized spacial score (nSPS) is 9.61. The van der Waals surface area contributed by atoms with Gasteiger partial charge in [0.15, 0.2) is 0 Å². The summed E-state index contributed by atoms with van der Waals surface area (Å²) >= 11 is 0. The number of carboxylic acid groups (broad SMARTS) is 1. The van der Waals surface area contributed by atoms with Crippen LogP contribution in [0.15, 0.2) is 24.3 Å². The van der Waals surface area contributed by atoms with Gasteiger partial charge in [-0.1, -0.05) is 6.07 Å². The molecule has 0 bridgehead atoms. The number of nitrogens with one attached hydrogen (secondary N) is 2. The molecule has 0 fully saturated rings. The Kier molecular flexibility index (Phi) is 4.86. The zero-order valence-corrected chi connectivity index (χ0v) is 9.90. The van der Waals surface area contributed by atoms with Crippen molar-refractivity contribution >= 4 is 23.5 Å². The Hall–Kier alpha value is -2.37. The van der Waals surface area contributed by atoms with E-state index in [-0.39, 0.29) is 30.3 Å². The van der Waals surface area contributed by atoms with Crippen molar-refractivity contribution in [3.05, 3.63) is 29.8 Å². The van der Waals surface area contributed by atoms with Crippen LogP contribution in [0.25, 0.3) is 0 Å². The highest BCUT2D eigenvalue weighted by Crippen LogP contribution is 2.10. The van der Waals surface area contributed by atoms with Crippen LogP contribution in [0.1, 0.15) is 23.7 Å². The maximum atomic E-state index is 11.5. The van der Waals surface area contributed by atoms with Crippen molar-refractivity contribution in [3.63, 3.8) is 0 Å². The summed E-state index contributed by atoms with van der Waals surface area (Å²) < 4.78 is 0. The number of hydrogen-bond donors (Lipinski definition) is 3. The first kappa shape index (κ1) is 13.7. The summed E-state index contributed by atoms with van der Waals surface area (Å²) in [5.41, 5.74) is 0.525. The summed E-state index contributed by atoms with van der Waals surface area (Å²) in [4.78, 5) is 32.8. The molecule has 3 N–H and O–H groups in total. The Morgan fingerprint density at radius 2 is 2.00 bits per heavy atom. The SMILES string of the molecule is CC(=O)NCCC(=O)Nc1cccc(C(=O)O)c1. The molecule has 0 aliphatic rings. The lowest BCUT2D eigenvalue weighted by atomic mass is 10.2. The molecule has 0 aliphatic heterocycles. The topological polar surface area (TPSA) is 95.5 Å². The number of rotatable bonds is 5. The Labute approximate surface area is 104 Å². The molecule has 0 aromatic heterocycles. The molecule has 0 heterocycles. The molecule has 0 saturated heterocycles. The van der Waals surface area contributed by atoms with Crippen molar-refractivity contribution in [2.45, 2.75) is 13.3 Å². The molecular formula is C12H14N2O4. The lowest BCUT2D eigenvalue weighted by molar-refractivity contribution is -0.119. The van der Waals surface area contributed by atoms with Gasteiger partial charge in [-0.15, -0.1) is 0 Å². The van der Waals surface area contributed by atoms with E-state index in [1.165, 1.54) is 19.1 Å². The highest BCUT2D eigenvalue weighted by molar-refractivity contribution is 5.94. The molecule has 6 nitrogen and oxygen atoms in total. The molecular weight excluding hydrogens is 236 g/mol. The summed E-state index contributed by atoms with van der Waals surface area (Å²) in [6.07, 6.45) is 0.136. The predicted molar refractivity (Wildman–Crippen MR) is 65.3 cm³/mol. The molecule has 96 valence electrons. The summed E-state index contributed by atoms with van der Waals surface area (Å²) in [5, 5.41) is 13.8. The second-order valence-corrected chi connectivity index (χ2v) is 3.67. The number of aromatic carboxylic acids is 1. The van der Waals surface area contributed by atoms with Crippen LogP contribution in [-0.2, 0) is 9.59 Å². The van der Waals surface area contributed by atoms with E-state index in [0.29, 0.717) is 5.69 Å². The smallest absolute Gasteiger partial charge is 0.335 e. The largest absolute Gasteiger partial charge is 0.478 e. The summed E-state index contributed by atoms with van der Waals surface area (Å²) in [6.45, 7) is 1.62. The zero-order valence-electron chi connectivity index (χ0n) is 9.90. The van der Waals surface area contributed by atoms with Gasteiger partial charge < -0.3 is 15.7 Å². The van der Waals surface area contributed by atoms with Crippen LogP contribution in [0.5, 0.6) is 0 Å². The fourth-order valence-corrected chi connectivity index (χ4v) is 1.31. The number of carbonyl (C=O) groups excluding carboxylic acids is 2. The number of carboxylic acids is 1. The molecule has 0 aliphatic carbocycles. The third-order valence-electron chi connectivity index (χ3n) is 2.12. The van der Waals surface area contributed by atoms with E-state index in [4.69, 9.17) is 5.11 Å². The highest BCUT2D eigenvalue weighted by Gasteiger charge is 2.06. The third kappa shape index (κ3) is 4.65. The molecule has 0 saturated carbocycles. The van der Waals surface area contributed by atoms with Gasteiger partial charge in [-0.2, -0.15) is 0 Å². The van der Waals surface area contributed by atoms with Gasteiger partial charge >= 0.3 is 5.97 Å². The van der Waals surface area contributed by atoms with Gasteiger partial charge in [0.1, 0.15) is 0 Å². The van der Waals surface area contributed by atoms with Gasteiger partial charge in [-0.05, 0) is 18.2 Å². The first-order valence-corrected chi connectivity index (χ1v) is 5.36. The molecule has 0 radical (unpaired) electrons. The Morgan fingerprint density at radius 1 is 1.28 bits per heavy atom. The van der Waals surface area contributed by atoms with Gasteiger partial charge in [0.2, 0.25) is 11.8 Å². The summed E-state index contributed by atoms with van der Waals surface area (Å²) in [7, 11) is 0. The molecule has 0 unspecified atom stereocenters. The molecule has 0 spiro atoms.